The smallest absolute Gasteiger partial charge is 0.337 e. The van der Waals surface area contributed by atoms with Crippen LogP contribution in [0.15, 0.2) is 29.6 Å². The summed E-state index contributed by atoms with van der Waals surface area (Å²) in [6.07, 6.45) is 0. The summed E-state index contributed by atoms with van der Waals surface area (Å²) in [5.41, 5.74) is 2.37. The molecule has 0 spiro atoms. The van der Waals surface area contributed by atoms with Gasteiger partial charge < -0.3 is 4.74 Å². The number of esters is 1. The summed E-state index contributed by atoms with van der Waals surface area (Å²) in [5, 5.41) is 2.83. The first kappa shape index (κ1) is 12.1. The molecule has 0 bridgehead atoms. The number of thiazole rings is 1. The van der Waals surface area contributed by atoms with Crippen molar-refractivity contribution in [1.82, 2.24) is 4.98 Å². The van der Waals surface area contributed by atoms with Gasteiger partial charge in [0.2, 0.25) is 0 Å². The molecular formula is C12H10ClNO2S. The van der Waals surface area contributed by atoms with E-state index < -0.39 is 0 Å². The maximum atomic E-state index is 11.3. The van der Waals surface area contributed by atoms with Gasteiger partial charge in [-0.05, 0) is 12.1 Å². The van der Waals surface area contributed by atoms with E-state index in [1.54, 1.807) is 12.1 Å². The van der Waals surface area contributed by atoms with Crippen molar-refractivity contribution in [1.29, 1.82) is 0 Å². The molecular weight excluding hydrogens is 258 g/mol. The molecule has 1 heterocycles. The van der Waals surface area contributed by atoms with Gasteiger partial charge in [0.25, 0.3) is 0 Å². The molecule has 88 valence electrons. The molecule has 3 nitrogen and oxygen atoms in total. The molecule has 0 amide bonds. The van der Waals surface area contributed by atoms with E-state index >= 15 is 0 Å². The van der Waals surface area contributed by atoms with Gasteiger partial charge in [0.15, 0.2) is 0 Å². The van der Waals surface area contributed by atoms with Gasteiger partial charge in [-0.1, -0.05) is 12.1 Å². The van der Waals surface area contributed by atoms with E-state index in [0.717, 1.165) is 16.3 Å². The summed E-state index contributed by atoms with van der Waals surface area (Å²) in [4.78, 5) is 15.6. The standard InChI is InChI=1S/C12H10ClNO2S/c1-16-12(15)9-4-2-8(3-5-9)11-14-10(6-13)7-17-11/h2-5,7H,6H2,1H3. The molecule has 0 atom stereocenters. The van der Waals surface area contributed by atoms with Crippen molar-refractivity contribution in [3.8, 4) is 10.6 Å². The number of aromatic nitrogens is 1. The highest BCUT2D eigenvalue weighted by atomic mass is 35.5. The van der Waals surface area contributed by atoms with E-state index in [0.29, 0.717) is 11.4 Å². The fourth-order valence-electron chi connectivity index (χ4n) is 1.37. The molecule has 0 aliphatic rings. The monoisotopic (exact) mass is 267 g/mol. The number of rotatable bonds is 3. The molecule has 2 aromatic rings. The molecule has 1 aromatic heterocycles. The van der Waals surface area contributed by atoms with Crippen LogP contribution in [0.5, 0.6) is 0 Å². The lowest BCUT2D eigenvalue weighted by molar-refractivity contribution is 0.0601. The second kappa shape index (κ2) is 5.29. The molecule has 0 aliphatic carbocycles. The topological polar surface area (TPSA) is 39.2 Å². The Hall–Kier alpha value is -1.39. The number of halogens is 1. The average molecular weight is 268 g/mol. The number of hydrogen-bond donors (Lipinski definition) is 0. The van der Waals surface area contributed by atoms with E-state index in [1.165, 1.54) is 18.4 Å². The Balaban J connectivity index is 2.25. The number of methoxy groups -OCH3 is 1. The van der Waals surface area contributed by atoms with Crippen molar-refractivity contribution in [2.45, 2.75) is 5.88 Å². The van der Waals surface area contributed by atoms with Gasteiger partial charge in [0, 0.05) is 10.9 Å². The molecule has 17 heavy (non-hydrogen) atoms. The number of alkyl halides is 1. The quantitative estimate of drug-likeness (QED) is 0.632. The molecule has 0 unspecified atom stereocenters. The normalized spacial score (nSPS) is 10.2. The molecule has 0 N–H and O–H groups in total. The minimum atomic E-state index is -0.336. The first-order chi connectivity index (χ1) is 8.24. The third-order valence-corrected chi connectivity index (χ3v) is 3.46. The molecule has 0 radical (unpaired) electrons. The zero-order valence-electron chi connectivity index (χ0n) is 9.14. The maximum Gasteiger partial charge on any atom is 0.337 e. The van der Waals surface area contributed by atoms with Crippen LogP contribution in [0.1, 0.15) is 16.1 Å². The zero-order valence-corrected chi connectivity index (χ0v) is 10.7. The van der Waals surface area contributed by atoms with Gasteiger partial charge in [-0.3, -0.25) is 0 Å². The fourth-order valence-corrected chi connectivity index (χ4v) is 2.42. The van der Waals surface area contributed by atoms with Gasteiger partial charge in [-0.15, -0.1) is 22.9 Å². The molecule has 0 saturated carbocycles. The van der Waals surface area contributed by atoms with E-state index in [2.05, 4.69) is 9.72 Å². The van der Waals surface area contributed by atoms with Crippen LogP contribution < -0.4 is 0 Å². The number of carbonyl (C=O) groups is 1. The highest BCUT2D eigenvalue weighted by Crippen LogP contribution is 2.24. The predicted octanol–water partition coefficient (Wildman–Crippen LogP) is 3.34. The van der Waals surface area contributed by atoms with Crippen molar-refractivity contribution < 1.29 is 9.53 Å². The van der Waals surface area contributed by atoms with Crippen molar-refractivity contribution in [2.75, 3.05) is 7.11 Å². The third kappa shape index (κ3) is 2.65. The van der Waals surface area contributed by atoms with Crippen molar-refractivity contribution in [3.63, 3.8) is 0 Å². The highest BCUT2D eigenvalue weighted by Gasteiger charge is 2.07. The van der Waals surface area contributed by atoms with Crippen LogP contribution >= 0.6 is 22.9 Å². The Morgan fingerprint density at radius 1 is 1.41 bits per heavy atom. The van der Waals surface area contributed by atoms with Crippen LogP contribution in [0, 0.1) is 0 Å². The second-order valence-electron chi connectivity index (χ2n) is 3.35. The lowest BCUT2D eigenvalue weighted by Crippen LogP contribution is -2.00. The summed E-state index contributed by atoms with van der Waals surface area (Å²) in [5.74, 6) is 0.0775. The van der Waals surface area contributed by atoms with E-state index in [9.17, 15) is 4.79 Å². The molecule has 5 heteroatoms. The Labute approximate surface area is 108 Å². The zero-order chi connectivity index (χ0) is 12.3. The van der Waals surface area contributed by atoms with Gasteiger partial charge >= 0.3 is 5.97 Å². The molecule has 1 aromatic carbocycles. The predicted molar refractivity (Wildman–Crippen MR) is 68.4 cm³/mol. The Morgan fingerprint density at radius 2 is 2.12 bits per heavy atom. The number of ether oxygens (including phenoxy) is 1. The van der Waals surface area contributed by atoms with Gasteiger partial charge in [-0.2, -0.15) is 0 Å². The Kier molecular flexibility index (Phi) is 3.76. The molecule has 0 aliphatic heterocycles. The summed E-state index contributed by atoms with van der Waals surface area (Å²) < 4.78 is 4.63. The van der Waals surface area contributed by atoms with E-state index in [4.69, 9.17) is 11.6 Å². The number of hydrogen-bond acceptors (Lipinski definition) is 4. The Morgan fingerprint density at radius 3 is 2.65 bits per heavy atom. The van der Waals surface area contributed by atoms with Crippen LogP contribution in [0.3, 0.4) is 0 Å². The minimum absolute atomic E-state index is 0.336. The number of benzene rings is 1. The number of nitrogens with zero attached hydrogens (tertiary/aromatic N) is 1. The first-order valence-electron chi connectivity index (χ1n) is 4.93. The molecule has 2 rings (SSSR count). The number of carbonyl (C=O) groups excluding carboxylic acids is 1. The molecule has 0 fully saturated rings. The third-order valence-electron chi connectivity index (χ3n) is 2.24. The van der Waals surface area contributed by atoms with Crippen LogP contribution in [0.25, 0.3) is 10.6 Å². The van der Waals surface area contributed by atoms with Crippen LogP contribution in [0.2, 0.25) is 0 Å². The lowest BCUT2D eigenvalue weighted by atomic mass is 10.1. The van der Waals surface area contributed by atoms with Crippen molar-refractivity contribution >= 4 is 28.9 Å². The summed E-state index contributed by atoms with van der Waals surface area (Å²) >= 11 is 7.23. The largest absolute Gasteiger partial charge is 0.465 e. The average Bonchev–Trinajstić information content (AvgIpc) is 2.87. The van der Waals surface area contributed by atoms with Crippen LogP contribution in [0.4, 0.5) is 0 Å². The van der Waals surface area contributed by atoms with Gasteiger partial charge in [0.1, 0.15) is 5.01 Å². The van der Waals surface area contributed by atoms with E-state index in [-0.39, 0.29) is 5.97 Å². The summed E-state index contributed by atoms with van der Waals surface area (Å²) in [6, 6.07) is 7.15. The summed E-state index contributed by atoms with van der Waals surface area (Å²) in [7, 11) is 1.36. The minimum Gasteiger partial charge on any atom is -0.465 e. The maximum absolute atomic E-state index is 11.3. The SMILES string of the molecule is COC(=O)c1ccc(-c2nc(CCl)cs2)cc1. The van der Waals surface area contributed by atoms with Gasteiger partial charge in [-0.25, -0.2) is 9.78 Å². The highest BCUT2D eigenvalue weighted by molar-refractivity contribution is 7.13. The second-order valence-corrected chi connectivity index (χ2v) is 4.47. The molecule has 0 saturated heterocycles. The first-order valence-corrected chi connectivity index (χ1v) is 6.35. The van der Waals surface area contributed by atoms with E-state index in [1.807, 2.05) is 17.5 Å². The van der Waals surface area contributed by atoms with Crippen LogP contribution in [-0.4, -0.2) is 18.1 Å². The summed E-state index contributed by atoms with van der Waals surface area (Å²) in [6.45, 7) is 0. The lowest BCUT2D eigenvalue weighted by Gasteiger charge is -2.00. The van der Waals surface area contributed by atoms with Crippen molar-refractivity contribution in [2.24, 2.45) is 0 Å². The van der Waals surface area contributed by atoms with Crippen LogP contribution in [-0.2, 0) is 10.6 Å². The Bertz CT molecular complexity index is 522. The fraction of sp³-hybridized carbons (Fsp3) is 0.167. The van der Waals surface area contributed by atoms with Crippen molar-refractivity contribution in [3.05, 3.63) is 40.9 Å². The van der Waals surface area contributed by atoms with Gasteiger partial charge in [0.05, 0.1) is 24.2 Å².